The largest absolute Gasteiger partial charge is 0.480 e. The van der Waals surface area contributed by atoms with Crippen LogP contribution in [0.25, 0.3) is 10.9 Å². The molecule has 3 heterocycles. The molecule has 0 radical (unpaired) electrons. The quantitative estimate of drug-likeness (QED) is 0.869. The van der Waals surface area contributed by atoms with E-state index in [9.17, 15) is 14.7 Å². The molecule has 1 spiro atoms. The van der Waals surface area contributed by atoms with Gasteiger partial charge in [0.1, 0.15) is 6.04 Å². The molecular formula is C21H27N3O3. The zero-order chi connectivity index (χ0) is 19.0. The van der Waals surface area contributed by atoms with Crippen LogP contribution < -0.4 is 0 Å². The summed E-state index contributed by atoms with van der Waals surface area (Å²) in [5.41, 5.74) is 2.56. The highest BCUT2D eigenvalue weighted by Crippen LogP contribution is 2.41. The molecule has 2 aliphatic rings. The molecular weight excluding hydrogens is 342 g/mol. The Morgan fingerprint density at radius 3 is 2.78 bits per heavy atom. The van der Waals surface area contributed by atoms with E-state index in [0.717, 1.165) is 44.4 Å². The number of carbonyl (C=O) groups is 2. The second-order valence-electron chi connectivity index (χ2n) is 8.21. The number of fused-ring (bicyclic) bond motifs is 1. The third kappa shape index (κ3) is 3.58. The van der Waals surface area contributed by atoms with Crippen LogP contribution in [0.2, 0.25) is 0 Å². The maximum Gasteiger partial charge on any atom is 0.326 e. The van der Waals surface area contributed by atoms with Crippen LogP contribution in [-0.2, 0) is 16.1 Å². The summed E-state index contributed by atoms with van der Waals surface area (Å²) in [6.45, 7) is 5.13. The highest BCUT2D eigenvalue weighted by Gasteiger charge is 2.43. The summed E-state index contributed by atoms with van der Waals surface area (Å²) in [7, 11) is 0. The molecule has 1 atom stereocenters. The Kier molecular flexibility index (Phi) is 4.68. The highest BCUT2D eigenvalue weighted by atomic mass is 16.4. The van der Waals surface area contributed by atoms with Crippen molar-refractivity contribution in [3.8, 4) is 0 Å². The molecule has 2 N–H and O–H groups in total. The van der Waals surface area contributed by atoms with Gasteiger partial charge in [0.2, 0.25) is 5.91 Å². The lowest BCUT2D eigenvalue weighted by Gasteiger charge is -2.48. The number of hydrogen-bond acceptors (Lipinski definition) is 3. The SMILES string of the molecule is C[C@H](C(=O)O)N1CC2(CCC1=O)CCN(Cc1ccc3[nH]ccc3c1)CC2. The Labute approximate surface area is 159 Å². The van der Waals surface area contributed by atoms with E-state index < -0.39 is 12.0 Å². The van der Waals surface area contributed by atoms with Gasteiger partial charge in [-0.3, -0.25) is 9.69 Å². The molecule has 0 aliphatic carbocycles. The van der Waals surface area contributed by atoms with Gasteiger partial charge in [0.15, 0.2) is 0 Å². The lowest BCUT2D eigenvalue weighted by Crippen LogP contribution is -2.55. The van der Waals surface area contributed by atoms with E-state index in [4.69, 9.17) is 0 Å². The van der Waals surface area contributed by atoms with Crippen molar-refractivity contribution < 1.29 is 14.7 Å². The number of carboxylic acid groups (broad SMARTS) is 1. The van der Waals surface area contributed by atoms with Crippen LogP contribution in [0.4, 0.5) is 0 Å². The maximum absolute atomic E-state index is 12.2. The van der Waals surface area contributed by atoms with Crippen molar-refractivity contribution in [3.63, 3.8) is 0 Å². The van der Waals surface area contributed by atoms with Crippen molar-refractivity contribution in [2.45, 2.75) is 45.2 Å². The van der Waals surface area contributed by atoms with Crippen LogP contribution in [0.15, 0.2) is 30.5 Å². The smallest absolute Gasteiger partial charge is 0.326 e. The van der Waals surface area contributed by atoms with Crippen molar-refractivity contribution in [1.82, 2.24) is 14.8 Å². The predicted octanol–water partition coefficient (Wildman–Crippen LogP) is 2.85. The van der Waals surface area contributed by atoms with E-state index in [1.807, 2.05) is 6.20 Å². The average Bonchev–Trinajstić information content (AvgIpc) is 3.13. The van der Waals surface area contributed by atoms with Crippen LogP contribution in [0.3, 0.4) is 0 Å². The minimum absolute atomic E-state index is 0.0160. The van der Waals surface area contributed by atoms with Gasteiger partial charge in [-0.15, -0.1) is 0 Å². The van der Waals surface area contributed by atoms with E-state index in [1.165, 1.54) is 10.9 Å². The number of piperidine rings is 2. The number of hydrogen-bond donors (Lipinski definition) is 2. The topological polar surface area (TPSA) is 76.6 Å². The lowest BCUT2D eigenvalue weighted by atomic mass is 9.72. The number of carboxylic acids is 1. The van der Waals surface area contributed by atoms with Gasteiger partial charge < -0.3 is 15.0 Å². The molecule has 0 unspecified atom stereocenters. The van der Waals surface area contributed by atoms with E-state index in [2.05, 4.69) is 34.1 Å². The number of rotatable bonds is 4. The summed E-state index contributed by atoms with van der Waals surface area (Å²) in [6, 6.07) is 7.92. The normalized spacial score (nSPS) is 21.7. The summed E-state index contributed by atoms with van der Waals surface area (Å²) in [5, 5.41) is 10.5. The predicted molar refractivity (Wildman–Crippen MR) is 103 cm³/mol. The van der Waals surface area contributed by atoms with Gasteiger partial charge in [0.25, 0.3) is 0 Å². The number of aromatic nitrogens is 1. The number of aliphatic carboxylic acids is 1. The first-order valence-corrected chi connectivity index (χ1v) is 9.76. The molecule has 1 amide bonds. The minimum atomic E-state index is -0.919. The number of nitrogens with one attached hydrogen (secondary N) is 1. The van der Waals surface area contributed by atoms with Gasteiger partial charge in [0, 0.05) is 31.2 Å². The Hall–Kier alpha value is -2.34. The minimum Gasteiger partial charge on any atom is -0.480 e. The number of H-pyrrole nitrogens is 1. The first-order chi connectivity index (χ1) is 13.0. The molecule has 2 aliphatic heterocycles. The average molecular weight is 369 g/mol. The molecule has 1 aromatic carbocycles. The monoisotopic (exact) mass is 369 g/mol. The molecule has 1 aromatic heterocycles. The first-order valence-electron chi connectivity index (χ1n) is 9.76. The van der Waals surface area contributed by atoms with Crippen LogP contribution in [0.1, 0.15) is 38.2 Å². The summed E-state index contributed by atoms with van der Waals surface area (Å²) in [5.74, 6) is -0.934. The summed E-state index contributed by atoms with van der Waals surface area (Å²) in [4.78, 5) is 30.8. The van der Waals surface area contributed by atoms with Crippen molar-refractivity contribution in [2.75, 3.05) is 19.6 Å². The Morgan fingerprint density at radius 1 is 1.26 bits per heavy atom. The second kappa shape index (κ2) is 7.00. The number of carbonyl (C=O) groups excluding carboxylic acids is 1. The third-order valence-electron chi connectivity index (χ3n) is 6.46. The molecule has 2 fully saturated rings. The number of likely N-dealkylation sites (tertiary alicyclic amines) is 2. The Balaban J connectivity index is 1.39. The molecule has 27 heavy (non-hydrogen) atoms. The Morgan fingerprint density at radius 2 is 2.04 bits per heavy atom. The van der Waals surface area contributed by atoms with Gasteiger partial charge in [-0.1, -0.05) is 6.07 Å². The highest BCUT2D eigenvalue weighted by molar-refractivity contribution is 5.84. The van der Waals surface area contributed by atoms with Gasteiger partial charge >= 0.3 is 5.97 Å². The zero-order valence-corrected chi connectivity index (χ0v) is 15.8. The molecule has 2 aromatic rings. The summed E-state index contributed by atoms with van der Waals surface area (Å²) < 4.78 is 0. The van der Waals surface area contributed by atoms with Crippen LogP contribution in [-0.4, -0.2) is 57.4 Å². The molecule has 0 bridgehead atoms. The lowest BCUT2D eigenvalue weighted by molar-refractivity contribution is -0.155. The molecule has 4 rings (SSSR count). The number of benzene rings is 1. The van der Waals surface area contributed by atoms with E-state index >= 15 is 0 Å². The van der Waals surface area contributed by atoms with Crippen molar-refractivity contribution in [1.29, 1.82) is 0 Å². The van der Waals surface area contributed by atoms with Crippen molar-refractivity contribution >= 4 is 22.8 Å². The van der Waals surface area contributed by atoms with E-state index in [-0.39, 0.29) is 11.3 Å². The van der Waals surface area contributed by atoms with Gasteiger partial charge in [-0.25, -0.2) is 4.79 Å². The molecule has 6 heteroatoms. The van der Waals surface area contributed by atoms with Crippen molar-refractivity contribution in [3.05, 3.63) is 36.0 Å². The maximum atomic E-state index is 12.2. The van der Waals surface area contributed by atoms with Crippen LogP contribution >= 0.6 is 0 Å². The second-order valence-corrected chi connectivity index (χ2v) is 8.21. The fraction of sp³-hybridized carbons (Fsp3) is 0.524. The molecule has 6 nitrogen and oxygen atoms in total. The van der Waals surface area contributed by atoms with Gasteiger partial charge in [-0.05, 0) is 73.8 Å². The van der Waals surface area contributed by atoms with E-state index in [1.54, 1.807) is 11.8 Å². The van der Waals surface area contributed by atoms with Crippen LogP contribution in [0, 0.1) is 5.41 Å². The summed E-state index contributed by atoms with van der Waals surface area (Å²) in [6.07, 6.45) is 5.37. The van der Waals surface area contributed by atoms with Crippen molar-refractivity contribution in [2.24, 2.45) is 5.41 Å². The first kappa shape index (κ1) is 18.0. The number of amides is 1. The number of nitrogens with zero attached hydrogens (tertiary/aromatic N) is 2. The Bertz CT molecular complexity index is 851. The molecule has 0 saturated carbocycles. The van der Waals surface area contributed by atoms with E-state index in [0.29, 0.717) is 13.0 Å². The molecule has 2 saturated heterocycles. The fourth-order valence-electron chi connectivity index (χ4n) is 4.58. The van der Waals surface area contributed by atoms with Gasteiger partial charge in [-0.2, -0.15) is 0 Å². The fourth-order valence-corrected chi connectivity index (χ4v) is 4.58. The summed E-state index contributed by atoms with van der Waals surface area (Å²) >= 11 is 0. The third-order valence-corrected chi connectivity index (χ3v) is 6.46. The van der Waals surface area contributed by atoms with Gasteiger partial charge in [0.05, 0.1) is 0 Å². The standard InChI is InChI=1S/C21H27N3O3/c1-15(20(26)27)24-14-21(6-4-19(24)25)7-10-23(11-8-21)13-16-2-3-18-17(12-16)5-9-22-18/h2-3,5,9,12,15,22H,4,6-8,10-11,13-14H2,1H3,(H,26,27)/t15-/m1/s1. The molecule has 144 valence electrons. The van der Waals surface area contributed by atoms with Crippen LogP contribution in [0.5, 0.6) is 0 Å². The number of aromatic amines is 1. The zero-order valence-electron chi connectivity index (χ0n) is 15.8.